The Bertz CT molecular complexity index is 268. The summed E-state index contributed by atoms with van der Waals surface area (Å²) in [4.78, 5) is 22.1. The second-order valence-corrected chi connectivity index (χ2v) is 4.41. The van der Waals surface area contributed by atoms with Crippen LogP contribution in [0.25, 0.3) is 0 Å². The lowest BCUT2D eigenvalue weighted by atomic mass is 9.82. The Balaban J connectivity index is 2.51. The van der Waals surface area contributed by atoms with Gasteiger partial charge in [0.25, 0.3) is 0 Å². The molecular weight excluding hydrogens is 224 g/mol. The number of carbonyl (C=O) groups excluding carboxylic acids is 1. The average molecular weight is 244 g/mol. The average Bonchev–Trinajstić information content (AvgIpc) is 2.27. The molecule has 0 heterocycles. The number of carbonyl (C=O) groups is 2. The molecule has 0 aromatic heterocycles. The van der Waals surface area contributed by atoms with Gasteiger partial charge in [-0.3, -0.25) is 4.79 Å². The van der Waals surface area contributed by atoms with Gasteiger partial charge in [0.05, 0.1) is 18.6 Å². The molecule has 0 spiro atoms. The van der Waals surface area contributed by atoms with Gasteiger partial charge < -0.3 is 14.6 Å². The third-order valence-electron chi connectivity index (χ3n) is 3.04. The molecule has 0 saturated heterocycles. The Hall–Kier alpha value is -1.10. The summed E-state index contributed by atoms with van der Waals surface area (Å²) in [7, 11) is 0. The zero-order valence-electron chi connectivity index (χ0n) is 10.2. The number of ether oxygens (including phenoxy) is 2. The van der Waals surface area contributed by atoms with Crippen LogP contribution in [-0.4, -0.2) is 35.9 Å². The molecular formula is C12H20O5. The second kappa shape index (κ2) is 6.59. The molecule has 0 aromatic carbocycles. The van der Waals surface area contributed by atoms with Crippen LogP contribution >= 0.6 is 0 Å². The fourth-order valence-corrected chi connectivity index (χ4v) is 2.26. The number of hydrogen-bond donors (Lipinski definition) is 1. The first-order chi connectivity index (χ1) is 8.08. The molecule has 0 aromatic rings. The number of hydrogen-bond acceptors (Lipinski definition) is 4. The topological polar surface area (TPSA) is 72.8 Å². The summed E-state index contributed by atoms with van der Waals surface area (Å²) < 4.78 is 10.3. The zero-order chi connectivity index (χ0) is 12.7. The normalized spacial score (nSPS) is 18.6. The highest BCUT2D eigenvalue weighted by molar-refractivity contribution is 5.71. The second-order valence-electron chi connectivity index (χ2n) is 4.41. The zero-order valence-corrected chi connectivity index (χ0v) is 10.2. The molecule has 0 atom stereocenters. The summed E-state index contributed by atoms with van der Waals surface area (Å²) in [5, 5.41) is 8.90. The molecule has 17 heavy (non-hydrogen) atoms. The van der Waals surface area contributed by atoms with Crippen molar-refractivity contribution in [3.8, 4) is 0 Å². The summed E-state index contributed by atoms with van der Waals surface area (Å²) in [5.74, 6) is -1.31. The maximum atomic E-state index is 11.2. The molecule has 1 rings (SSSR count). The van der Waals surface area contributed by atoms with Crippen molar-refractivity contribution in [2.45, 2.75) is 51.0 Å². The highest BCUT2D eigenvalue weighted by atomic mass is 16.6. The molecule has 98 valence electrons. The van der Waals surface area contributed by atoms with Crippen LogP contribution in [0.3, 0.4) is 0 Å². The predicted molar refractivity (Wildman–Crippen MR) is 60.7 cm³/mol. The van der Waals surface area contributed by atoms with E-state index in [1.165, 1.54) is 0 Å². The highest BCUT2D eigenvalue weighted by Crippen LogP contribution is 2.34. The SMILES string of the molecule is CCOC(=O)COC1(CC(=O)O)CCCCC1. The standard InChI is InChI=1S/C12H20O5/c1-2-16-11(15)9-17-12(8-10(13)14)6-4-3-5-7-12/h2-9H2,1H3,(H,13,14). The van der Waals surface area contributed by atoms with Crippen molar-refractivity contribution in [1.29, 1.82) is 0 Å². The summed E-state index contributed by atoms with van der Waals surface area (Å²) in [5.41, 5.74) is -0.670. The molecule has 1 aliphatic carbocycles. The maximum Gasteiger partial charge on any atom is 0.332 e. The van der Waals surface area contributed by atoms with E-state index in [-0.39, 0.29) is 13.0 Å². The van der Waals surface area contributed by atoms with E-state index < -0.39 is 17.5 Å². The Kier molecular flexibility index (Phi) is 5.41. The molecule has 0 aliphatic heterocycles. The largest absolute Gasteiger partial charge is 0.481 e. The molecule has 1 saturated carbocycles. The van der Waals surface area contributed by atoms with Gasteiger partial charge in [-0.15, -0.1) is 0 Å². The quantitative estimate of drug-likeness (QED) is 0.720. The lowest BCUT2D eigenvalue weighted by molar-refractivity contribution is -0.164. The lowest BCUT2D eigenvalue weighted by Crippen LogP contribution is -2.39. The first-order valence-corrected chi connectivity index (χ1v) is 6.09. The smallest absolute Gasteiger partial charge is 0.332 e. The first-order valence-electron chi connectivity index (χ1n) is 6.09. The van der Waals surface area contributed by atoms with Gasteiger partial charge in [0.2, 0.25) is 0 Å². The Labute approximate surface area is 101 Å². The molecule has 5 nitrogen and oxygen atoms in total. The number of aliphatic carboxylic acids is 1. The van der Waals surface area contributed by atoms with Crippen LogP contribution in [0.2, 0.25) is 0 Å². The number of carboxylic acids is 1. The van der Waals surface area contributed by atoms with Gasteiger partial charge in [0, 0.05) is 0 Å². The summed E-state index contributed by atoms with van der Waals surface area (Å²) in [6.45, 7) is 1.89. The van der Waals surface area contributed by atoms with E-state index in [1.54, 1.807) is 6.92 Å². The Morgan fingerprint density at radius 3 is 2.41 bits per heavy atom. The van der Waals surface area contributed by atoms with Crippen molar-refractivity contribution < 1.29 is 24.2 Å². The fraction of sp³-hybridized carbons (Fsp3) is 0.833. The van der Waals surface area contributed by atoms with Crippen molar-refractivity contribution in [1.82, 2.24) is 0 Å². The van der Waals surface area contributed by atoms with E-state index in [9.17, 15) is 9.59 Å². The molecule has 0 bridgehead atoms. The summed E-state index contributed by atoms with van der Waals surface area (Å²) in [6.07, 6.45) is 4.39. The van der Waals surface area contributed by atoms with Crippen molar-refractivity contribution in [2.75, 3.05) is 13.2 Å². The van der Waals surface area contributed by atoms with Crippen molar-refractivity contribution in [3.63, 3.8) is 0 Å². The minimum absolute atomic E-state index is 0.0353. The number of carboxylic acid groups (broad SMARTS) is 1. The molecule has 0 unspecified atom stereocenters. The Morgan fingerprint density at radius 2 is 1.88 bits per heavy atom. The maximum absolute atomic E-state index is 11.2. The van der Waals surface area contributed by atoms with Gasteiger partial charge in [-0.25, -0.2) is 4.79 Å². The van der Waals surface area contributed by atoms with Crippen molar-refractivity contribution in [2.24, 2.45) is 0 Å². The molecule has 1 fully saturated rings. The van der Waals surface area contributed by atoms with Gasteiger partial charge in [0.15, 0.2) is 0 Å². The van der Waals surface area contributed by atoms with Crippen molar-refractivity contribution in [3.05, 3.63) is 0 Å². The monoisotopic (exact) mass is 244 g/mol. The summed E-state index contributed by atoms with van der Waals surface area (Å²) >= 11 is 0. The van der Waals surface area contributed by atoms with E-state index in [0.717, 1.165) is 19.3 Å². The fourth-order valence-electron chi connectivity index (χ4n) is 2.26. The minimum atomic E-state index is -0.879. The van der Waals surface area contributed by atoms with E-state index in [0.29, 0.717) is 19.4 Å². The van der Waals surface area contributed by atoms with Gasteiger partial charge >= 0.3 is 11.9 Å². The van der Waals surface area contributed by atoms with Crippen molar-refractivity contribution >= 4 is 11.9 Å². The lowest BCUT2D eigenvalue weighted by Gasteiger charge is -2.35. The van der Waals surface area contributed by atoms with Gasteiger partial charge in [0.1, 0.15) is 6.61 Å². The van der Waals surface area contributed by atoms with Gasteiger partial charge in [-0.2, -0.15) is 0 Å². The predicted octanol–water partition coefficient (Wildman–Crippen LogP) is 1.74. The van der Waals surface area contributed by atoms with E-state index in [1.807, 2.05) is 0 Å². The van der Waals surface area contributed by atoms with Crippen LogP contribution in [0, 0.1) is 0 Å². The van der Waals surface area contributed by atoms with Crippen LogP contribution in [0.4, 0.5) is 0 Å². The molecule has 5 heteroatoms. The van der Waals surface area contributed by atoms with E-state index in [4.69, 9.17) is 14.6 Å². The molecule has 1 aliphatic rings. The molecule has 1 N–H and O–H groups in total. The first kappa shape index (κ1) is 14.0. The highest BCUT2D eigenvalue weighted by Gasteiger charge is 2.36. The molecule has 0 amide bonds. The van der Waals surface area contributed by atoms with Gasteiger partial charge in [-0.1, -0.05) is 19.3 Å². The molecule has 0 radical (unpaired) electrons. The summed E-state index contributed by atoms with van der Waals surface area (Å²) in [6, 6.07) is 0. The van der Waals surface area contributed by atoms with Crippen LogP contribution in [0.15, 0.2) is 0 Å². The minimum Gasteiger partial charge on any atom is -0.481 e. The Morgan fingerprint density at radius 1 is 1.24 bits per heavy atom. The van der Waals surface area contributed by atoms with Crippen LogP contribution in [0.5, 0.6) is 0 Å². The van der Waals surface area contributed by atoms with Gasteiger partial charge in [-0.05, 0) is 19.8 Å². The van der Waals surface area contributed by atoms with E-state index >= 15 is 0 Å². The number of rotatable bonds is 6. The third-order valence-corrected chi connectivity index (χ3v) is 3.04. The number of esters is 1. The van der Waals surface area contributed by atoms with Crippen LogP contribution in [0.1, 0.15) is 45.4 Å². The third kappa shape index (κ3) is 4.73. The van der Waals surface area contributed by atoms with Crippen LogP contribution < -0.4 is 0 Å². The van der Waals surface area contributed by atoms with Crippen LogP contribution in [-0.2, 0) is 19.1 Å². The van der Waals surface area contributed by atoms with E-state index in [2.05, 4.69) is 0 Å².